The molecule has 68 valence electrons. The van der Waals surface area contributed by atoms with Gasteiger partial charge in [0.2, 0.25) is 0 Å². The van der Waals surface area contributed by atoms with Gasteiger partial charge in [-0.25, -0.2) is 13.6 Å². The number of rotatable bonds is 1. The molecule has 1 fully saturated rings. The van der Waals surface area contributed by atoms with Crippen LogP contribution >= 0.6 is 0 Å². The number of amides is 1. The monoisotopic (exact) mass is 177 g/mol. The van der Waals surface area contributed by atoms with E-state index in [0.717, 1.165) is 0 Å². The summed E-state index contributed by atoms with van der Waals surface area (Å²) in [5.74, 6) is -2.91. The fourth-order valence-electron chi connectivity index (χ4n) is 1.27. The summed E-state index contributed by atoms with van der Waals surface area (Å²) in [6.45, 7) is 2.58. The quantitative estimate of drug-likeness (QED) is 0.617. The summed E-state index contributed by atoms with van der Waals surface area (Å²) in [6.07, 6.45) is -0.547. The molecule has 1 N–H and O–H groups in total. The highest BCUT2D eigenvalue weighted by Crippen LogP contribution is 2.32. The molecule has 1 unspecified atom stereocenters. The molecule has 0 radical (unpaired) electrons. The van der Waals surface area contributed by atoms with Gasteiger partial charge in [0.05, 0.1) is 12.6 Å². The molecule has 0 spiro atoms. The van der Waals surface area contributed by atoms with Gasteiger partial charge in [-0.3, -0.25) is 4.90 Å². The molecule has 1 heterocycles. The zero-order chi connectivity index (χ0) is 9.35. The van der Waals surface area contributed by atoms with Gasteiger partial charge in [-0.1, -0.05) is 6.08 Å². The van der Waals surface area contributed by atoms with Crippen molar-refractivity contribution in [3.05, 3.63) is 12.7 Å². The Morgan fingerprint density at radius 2 is 2.33 bits per heavy atom. The third kappa shape index (κ3) is 1.54. The van der Waals surface area contributed by atoms with Gasteiger partial charge in [0.25, 0.3) is 5.92 Å². The van der Waals surface area contributed by atoms with Crippen molar-refractivity contribution in [2.24, 2.45) is 0 Å². The van der Waals surface area contributed by atoms with Gasteiger partial charge >= 0.3 is 6.09 Å². The van der Waals surface area contributed by atoms with Gasteiger partial charge in [0, 0.05) is 6.42 Å². The van der Waals surface area contributed by atoms with Crippen molar-refractivity contribution in [2.75, 3.05) is 6.54 Å². The summed E-state index contributed by atoms with van der Waals surface area (Å²) in [5.41, 5.74) is 0. The molecule has 1 saturated heterocycles. The summed E-state index contributed by atoms with van der Waals surface area (Å²) < 4.78 is 25.3. The molecule has 0 aliphatic carbocycles. The Kier molecular flexibility index (Phi) is 2.04. The van der Waals surface area contributed by atoms with E-state index >= 15 is 0 Å². The smallest absolute Gasteiger partial charge is 0.408 e. The maximum absolute atomic E-state index is 12.6. The van der Waals surface area contributed by atoms with E-state index in [9.17, 15) is 13.6 Å². The van der Waals surface area contributed by atoms with E-state index in [2.05, 4.69) is 6.58 Å². The van der Waals surface area contributed by atoms with Gasteiger partial charge in [0.15, 0.2) is 0 Å². The number of hydrogen-bond donors (Lipinski definition) is 1. The van der Waals surface area contributed by atoms with E-state index < -0.39 is 31.0 Å². The van der Waals surface area contributed by atoms with Crippen molar-refractivity contribution in [3.63, 3.8) is 0 Å². The fraction of sp³-hybridized carbons (Fsp3) is 0.571. The average Bonchev–Trinajstić information content (AvgIpc) is 2.25. The van der Waals surface area contributed by atoms with E-state index in [1.165, 1.54) is 6.08 Å². The molecule has 3 nitrogen and oxygen atoms in total. The normalized spacial score (nSPS) is 27.2. The maximum Gasteiger partial charge on any atom is 0.408 e. The van der Waals surface area contributed by atoms with Crippen molar-refractivity contribution in [3.8, 4) is 0 Å². The Hall–Kier alpha value is -1.13. The number of nitrogens with zero attached hydrogens (tertiary/aromatic N) is 1. The molecule has 5 heteroatoms. The number of halogens is 2. The van der Waals surface area contributed by atoms with Crippen LogP contribution in [0.3, 0.4) is 0 Å². The first kappa shape index (κ1) is 8.96. The van der Waals surface area contributed by atoms with Crippen LogP contribution in [-0.2, 0) is 0 Å². The van der Waals surface area contributed by atoms with E-state index in [-0.39, 0.29) is 0 Å². The van der Waals surface area contributed by atoms with Gasteiger partial charge in [-0.15, -0.1) is 6.58 Å². The highest BCUT2D eigenvalue weighted by atomic mass is 19.3. The Morgan fingerprint density at radius 1 is 1.75 bits per heavy atom. The van der Waals surface area contributed by atoms with Crippen LogP contribution in [0, 0.1) is 0 Å². The van der Waals surface area contributed by atoms with Gasteiger partial charge in [0.1, 0.15) is 0 Å². The van der Waals surface area contributed by atoms with Crippen LogP contribution < -0.4 is 0 Å². The minimum Gasteiger partial charge on any atom is -0.465 e. The lowest BCUT2D eigenvalue weighted by Crippen LogP contribution is -2.34. The van der Waals surface area contributed by atoms with Crippen molar-refractivity contribution in [1.29, 1.82) is 0 Å². The van der Waals surface area contributed by atoms with Crippen molar-refractivity contribution in [1.82, 2.24) is 4.90 Å². The second kappa shape index (κ2) is 2.73. The van der Waals surface area contributed by atoms with Crippen molar-refractivity contribution in [2.45, 2.75) is 18.4 Å². The topological polar surface area (TPSA) is 40.5 Å². The lowest BCUT2D eigenvalue weighted by atomic mass is 10.2. The molecule has 0 aromatic rings. The average molecular weight is 177 g/mol. The molecular weight excluding hydrogens is 168 g/mol. The second-order valence-corrected chi connectivity index (χ2v) is 2.77. The summed E-state index contributed by atoms with van der Waals surface area (Å²) in [6, 6.07) is -0.752. The summed E-state index contributed by atoms with van der Waals surface area (Å²) >= 11 is 0. The molecule has 1 atom stereocenters. The predicted octanol–water partition coefficient (Wildman–Crippen LogP) is 1.56. The lowest BCUT2D eigenvalue weighted by Gasteiger charge is -2.16. The molecule has 12 heavy (non-hydrogen) atoms. The molecule has 1 aliphatic rings. The van der Waals surface area contributed by atoms with Crippen LogP contribution in [0.25, 0.3) is 0 Å². The number of carbonyl (C=O) groups is 1. The molecule has 1 aliphatic heterocycles. The third-order valence-electron chi connectivity index (χ3n) is 1.83. The Balaban J connectivity index is 2.76. The Labute approximate surface area is 68.3 Å². The van der Waals surface area contributed by atoms with Crippen LogP contribution in [0.15, 0.2) is 12.7 Å². The van der Waals surface area contributed by atoms with Gasteiger partial charge in [-0.2, -0.15) is 0 Å². The highest BCUT2D eigenvalue weighted by molar-refractivity contribution is 5.66. The van der Waals surface area contributed by atoms with Crippen LogP contribution in [0.1, 0.15) is 6.42 Å². The van der Waals surface area contributed by atoms with Crippen LogP contribution in [-0.4, -0.2) is 34.6 Å². The van der Waals surface area contributed by atoms with Gasteiger partial charge in [-0.05, 0) is 0 Å². The first-order chi connectivity index (χ1) is 5.46. The Morgan fingerprint density at radius 3 is 2.67 bits per heavy atom. The zero-order valence-electron chi connectivity index (χ0n) is 6.33. The van der Waals surface area contributed by atoms with Crippen molar-refractivity contribution < 1.29 is 18.7 Å². The fourth-order valence-corrected chi connectivity index (χ4v) is 1.27. The largest absolute Gasteiger partial charge is 0.465 e. The van der Waals surface area contributed by atoms with Gasteiger partial charge < -0.3 is 5.11 Å². The molecule has 0 saturated carbocycles. The molecule has 0 bridgehead atoms. The summed E-state index contributed by atoms with van der Waals surface area (Å²) in [5, 5.41) is 8.49. The van der Waals surface area contributed by atoms with E-state index in [4.69, 9.17) is 5.11 Å². The van der Waals surface area contributed by atoms with Crippen LogP contribution in [0.4, 0.5) is 13.6 Å². The van der Waals surface area contributed by atoms with Crippen LogP contribution in [0.2, 0.25) is 0 Å². The number of alkyl halides is 2. The zero-order valence-corrected chi connectivity index (χ0v) is 6.33. The molecule has 0 aromatic carbocycles. The predicted molar refractivity (Wildman–Crippen MR) is 38.3 cm³/mol. The molecular formula is C7H9F2NO2. The number of likely N-dealkylation sites (tertiary alicyclic amines) is 1. The maximum atomic E-state index is 12.6. The van der Waals surface area contributed by atoms with E-state index in [1.54, 1.807) is 0 Å². The number of hydrogen-bond acceptors (Lipinski definition) is 1. The summed E-state index contributed by atoms with van der Waals surface area (Å²) in [4.78, 5) is 11.1. The summed E-state index contributed by atoms with van der Waals surface area (Å²) in [7, 11) is 0. The standard InChI is InChI=1S/C7H9F2NO2/c1-2-5-3-7(8,9)4-10(5)6(11)12/h2,5H,1,3-4H2,(H,11,12). The lowest BCUT2D eigenvalue weighted by molar-refractivity contribution is 0.0128. The SMILES string of the molecule is C=CC1CC(F)(F)CN1C(=O)O. The minimum atomic E-state index is -2.91. The van der Waals surface area contributed by atoms with Crippen LogP contribution in [0.5, 0.6) is 0 Å². The highest BCUT2D eigenvalue weighted by Gasteiger charge is 2.45. The molecule has 1 amide bonds. The Bertz CT molecular complexity index is 217. The molecule has 1 rings (SSSR count). The number of carboxylic acid groups (broad SMARTS) is 1. The van der Waals surface area contributed by atoms with Crippen molar-refractivity contribution >= 4 is 6.09 Å². The second-order valence-electron chi connectivity index (χ2n) is 2.77. The van der Waals surface area contributed by atoms with E-state index in [1.807, 2.05) is 0 Å². The first-order valence-electron chi connectivity index (χ1n) is 3.46. The minimum absolute atomic E-state index is 0.456. The molecule has 0 aromatic heterocycles. The third-order valence-corrected chi connectivity index (χ3v) is 1.83. The van der Waals surface area contributed by atoms with E-state index in [0.29, 0.717) is 4.90 Å². The first-order valence-corrected chi connectivity index (χ1v) is 3.46.